The second-order valence-corrected chi connectivity index (χ2v) is 24.1. The van der Waals surface area contributed by atoms with Crippen molar-refractivity contribution in [2.24, 2.45) is 27.8 Å². The van der Waals surface area contributed by atoms with E-state index in [0.29, 0.717) is 31.6 Å². The number of rotatable bonds is 21. The standard InChI is InChI=1S/C57H76F2N10O6S/c1-35(37-22-24-39(25-23-37)50-36(2)60-34-76-50)62-52(73)45-26-42(70)33-68(45)54(75)51(55(3,4)5)64-46(71)20-16-11-9-8-10-12-17-21-47(72)67-30-40(31-67)49(38-18-14-13-15-19-38)69-32-41(29-61-69)63-53(74)48-43-27-57(58,59)56(6,7)28-44(43)65-66-48/h13-15,18-19,22-25,29,32,34-35,40,42-45,49,51,65,70H,8-12,16-17,20-21,26-28,30-31,33H2,1-7H3,(H,62,73)(H,63,74)(H,64,71)/t35-,42+,43?,44?,45-,49+,51+/m0/s1. The molecule has 2 aromatic carbocycles. The lowest BCUT2D eigenvalue weighted by molar-refractivity contribution is -0.145. The van der Waals surface area contributed by atoms with Gasteiger partial charge in [-0.05, 0) is 55.2 Å². The smallest absolute Gasteiger partial charge is 0.272 e. The number of amides is 5. The van der Waals surface area contributed by atoms with Gasteiger partial charge in [0.15, 0.2) is 0 Å². The minimum Gasteiger partial charge on any atom is -0.391 e. The zero-order valence-electron chi connectivity index (χ0n) is 45.0. The molecular formula is C57H76F2N10O6S. The first-order valence-electron chi connectivity index (χ1n) is 27.1. The molecule has 1 aliphatic carbocycles. The Morgan fingerprint density at radius 3 is 2.21 bits per heavy atom. The quantitative estimate of drug-likeness (QED) is 0.0507. The highest BCUT2D eigenvalue weighted by Crippen LogP contribution is 2.51. The summed E-state index contributed by atoms with van der Waals surface area (Å²) in [7, 11) is 0. The molecule has 7 atom stereocenters. The molecule has 2 saturated heterocycles. The maximum atomic E-state index is 15.0. The Kier molecular flexibility index (Phi) is 17.5. The maximum absolute atomic E-state index is 15.0. The molecule has 0 spiro atoms. The summed E-state index contributed by atoms with van der Waals surface area (Å²) in [4.78, 5) is 76.5. The largest absolute Gasteiger partial charge is 0.391 e. The summed E-state index contributed by atoms with van der Waals surface area (Å²) >= 11 is 1.58. The Balaban J connectivity index is 0.723. The van der Waals surface area contributed by atoms with Crippen molar-refractivity contribution in [2.75, 3.05) is 25.0 Å². The van der Waals surface area contributed by atoms with Gasteiger partial charge in [-0.25, -0.2) is 13.8 Å². The fraction of sp³-hybridized carbons (Fsp3) is 0.579. The van der Waals surface area contributed by atoms with Crippen LogP contribution in [0.4, 0.5) is 14.5 Å². The normalized spacial score (nSPS) is 22.1. The SMILES string of the molecule is Cc1ncsc1-c1ccc([C@H](C)NC(=O)[C@@H]2C[C@@H](O)CN2C(=O)[C@@H](NC(=O)CCCCCCCCCC(=O)N2CC([C@@H](c3ccccc3)n3cc(NC(=O)C4=NNC5CC(C)(C)C(F)(F)CC45)cn3)C2)C(C)(C)C)cc1. The molecule has 0 bridgehead atoms. The number of anilines is 1. The minimum absolute atomic E-state index is 0.00567. The van der Waals surface area contributed by atoms with Crippen LogP contribution in [0.5, 0.6) is 0 Å². The Morgan fingerprint density at radius 2 is 1.55 bits per heavy atom. The zero-order valence-corrected chi connectivity index (χ0v) is 45.8. The summed E-state index contributed by atoms with van der Waals surface area (Å²) in [6.45, 7) is 13.7. The highest BCUT2D eigenvalue weighted by atomic mass is 32.1. The number of thiazole rings is 1. The molecule has 0 radical (unpaired) electrons. The van der Waals surface area contributed by atoms with E-state index >= 15 is 0 Å². The van der Waals surface area contributed by atoms with E-state index in [-0.39, 0.29) is 79.2 Å². The van der Waals surface area contributed by atoms with Crippen molar-refractivity contribution < 1.29 is 37.9 Å². The van der Waals surface area contributed by atoms with Gasteiger partial charge < -0.3 is 36.3 Å². The molecule has 8 rings (SSSR count). The van der Waals surface area contributed by atoms with Crippen LogP contribution in [-0.4, -0.2) is 115 Å². The maximum Gasteiger partial charge on any atom is 0.272 e. The molecule has 5 amide bonds. The number of fused-ring (bicyclic) bond motifs is 1. The van der Waals surface area contributed by atoms with Gasteiger partial charge in [-0.2, -0.15) is 10.2 Å². The third kappa shape index (κ3) is 13.0. The van der Waals surface area contributed by atoms with E-state index in [1.165, 1.54) is 4.90 Å². The predicted molar refractivity (Wildman–Crippen MR) is 289 cm³/mol. The number of β-amino-alcohol motifs (C(OH)–C–C–N with tert-alkyl or cyclic N) is 1. The van der Waals surface area contributed by atoms with Gasteiger partial charge >= 0.3 is 0 Å². The molecule has 5 heterocycles. The van der Waals surface area contributed by atoms with E-state index in [0.717, 1.165) is 65.8 Å². The number of aromatic nitrogens is 3. The summed E-state index contributed by atoms with van der Waals surface area (Å²) < 4.78 is 31.8. The molecule has 19 heteroatoms. The van der Waals surface area contributed by atoms with Crippen LogP contribution in [0.2, 0.25) is 0 Å². The number of likely N-dealkylation sites (tertiary alicyclic amines) is 2. The van der Waals surface area contributed by atoms with E-state index < -0.39 is 53.2 Å². The van der Waals surface area contributed by atoms with Gasteiger partial charge in [0.25, 0.3) is 11.8 Å². The van der Waals surface area contributed by atoms with Crippen LogP contribution < -0.4 is 21.4 Å². The average molecular weight is 1070 g/mol. The monoisotopic (exact) mass is 1070 g/mol. The number of aliphatic hydroxyl groups is 1. The number of hydrogen-bond donors (Lipinski definition) is 5. The number of hydrazone groups is 1. The second kappa shape index (κ2) is 23.7. The number of alkyl halides is 2. The highest BCUT2D eigenvalue weighted by Gasteiger charge is 2.57. The summed E-state index contributed by atoms with van der Waals surface area (Å²) in [5.74, 6) is -4.92. The lowest BCUT2D eigenvalue weighted by Gasteiger charge is -2.43. The average Bonchev–Trinajstić information content (AvgIpc) is 4.20. The fourth-order valence-corrected chi connectivity index (χ4v) is 12.0. The van der Waals surface area contributed by atoms with Crippen LogP contribution in [0.25, 0.3) is 10.4 Å². The third-order valence-electron chi connectivity index (χ3n) is 16.0. The number of aliphatic hydroxyl groups excluding tert-OH is 1. The van der Waals surface area contributed by atoms with Crippen molar-refractivity contribution in [3.8, 4) is 10.4 Å². The number of nitrogens with one attached hydrogen (secondary N) is 4. The van der Waals surface area contributed by atoms with Crippen molar-refractivity contribution in [1.82, 2.24) is 40.6 Å². The first kappa shape index (κ1) is 56.1. The first-order valence-corrected chi connectivity index (χ1v) is 28.0. The van der Waals surface area contributed by atoms with Crippen molar-refractivity contribution in [2.45, 2.75) is 168 Å². The van der Waals surface area contributed by atoms with E-state index in [1.807, 2.05) is 99.6 Å². The molecule has 2 aromatic heterocycles. The summed E-state index contributed by atoms with van der Waals surface area (Å²) in [6, 6.07) is 15.2. The van der Waals surface area contributed by atoms with Gasteiger partial charge in [-0.15, -0.1) is 11.3 Å². The third-order valence-corrected chi connectivity index (χ3v) is 16.9. The van der Waals surface area contributed by atoms with E-state index in [4.69, 9.17) is 0 Å². The number of aryl methyl sites for hydroxylation is 1. The molecule has 4 aliphatic rings. The summed E-state index contributed by atoms with van der Waals surface area (Å²) in [5.41, 5.74) is 7.34. The zero-order chi connectivity index (χ0) is 54.5. The first-order chi connectivity index (χ1) is 36.1. The summed E-state index contributed by atoms with van der Waals surface area (Å²) in [5, 5.41) is 28.3. The van der Waals surface area contributed by atoms with Crippen molar-refractivity contribution in [1.29, 1.82) is 0 Å². The van der Waals surface area contributed by atoms with E-state index in [2.05, 4.69) is 36.6 Å². The van der Waals surface area contributed by atoms with Gasteiger partial charge in [-0.3, -0.25) is 28.7 Å². The number of hydrogen-bond acceptors (Lipinski definition) is 11. The Labute approximate surface area is 449 Å². The molecule has 3 fully saturated rings. The van der Waals surface area contributed by atoms with Crippen LogP contribution in [0.15, 0.2) is 77.6 Å². The van der Waals surface area contributed by atoms with E-state index in [1.54, 1.807) is 42.3 Å². The fourth-order valence-electron chi connectivity index (χ4n) is 11.2. The minimum atomic E-state index is -2.93. The van der Waals surface area contributed by atoms with Gasteiger partial charge in [0.05, 0.1) is 52.2 Å². The van der Waals surface area contributed by atoms with Crippen LogP contribution in [-0.2, 0) is 24.0 Å². The molecular weight excluding hydrogens is 991 g/mol. The molecule has 1 saturated carbocycles. The number of benzene rings is 2. The van der Waals surface area contributed by atoms with Gasteiger partial charge in [-0.1, -0.05) is 121 Å². The molecule has 3 aliphatic heterocycles. The molecule has 5 N–H and O–H groups in total. The number of nitrogens with zero attached hydrogens (tertiary/aromatic N) is 6. The van der Waals surface area contributed by atoms with E-state index in [9.17, 15) is 37.9 Å². The van der Waals surface area contributed by atoms with Crippen LogP contribution in [0.1, 0.15) is 147 Å². The Hall–Kier alpha value is -6.08. The van der Waals surface area contributed by atoms with Crippen molar-refractivity contribution >= 4 is 52.3 Å². The molecule has 410 valence electrons. The number of carbonyl (C=O) groups excluding carboxylic acids is 5. The Morgan fingerprint density at radius 1 is 0.882 bits per heavy atom. The number of unbranched alkanes of at least 4 members (excludes halogenated alkanes) is 6. The van der Waals surface area contributed by atoms with Crippen molar-refractivity contribution in [3.63, 3.8) is 0 Å². The topological polar surface area (TPSA) is 203 Å². The highest BCUT2D eigenvalue weighted by molar-refractivity contribution is 7.13. The molecule has 16 nitrogen and oxygen atoms in total. The molecule has 76 heavy (non-hydrogen) atoms. The predicted octanol–water partition coefficient (Wildman–Crippen LogP) is 8.58. The molecule has 2 unspecified atom stereocenters. The second-order valence-electron chi connectivity index (χ2n) is 23.3. The lowest BCUT2D eigenvalue weighted by atomic mass is 9.67. The van der Waals surface area contributed by atoms with Crippen LogP contribution >= 0.6 is 11.3 Å². The summed E-state index contributed by atoms with van der Waals surface area (Å²) in [6.07, 6.45) is 9.13. The Bertz CT molecular complexity index is 2720. The molecule has 4 aromatic rings. The van der Waals surface area contributed by atoms with Gasteiger partial charge in [0.1, 0.15) is 17.8 Å². The van der Waals surface area contributed by atoms with Crippen molar-refractivity contribution in [3.05, 3.63) is 89.3 Å². The van der Waals surface area contributed by atoms with Gasteiger partial charge in [0.2, 0.25) is 23.6 Å². The number of carbonyl (C=O) groups is 5. The lowest BCUT2D eigenvalue weighted by Crippen LogP contribution is -2.57. The van der Waals surface area contributed by atoms with Gasteiger partial charge in [0, 0.05) is 68.8 Å². The van der Waals surface area contributed by atoms with Crippen LogP contribution in [0.3, 0.4) is 0 Å². The van der Waals surface area contributed by atoms with Crippen LogP contribution in [0, 0.1) is 29.6 Å². The number of halogens is 2.